The molecule has 4 nitrogen and oxygen atoms in total. The zero-order valence-corrected chi connectivity index (χ0v) is 10.9. The van der Waals surface area contributed by atoms with Crippen molar-refractivity contribution in [3.63, 3.8) is 0 Å². The van der Waals surface area contributed by atoms with Crippen molar-refractivity contribution < 1.29 is 9.32 Å². The van der Waals surface area contributed by atoms with E-state index < -0.39 is 0 Å². The molecule has 0 unspecified atom stereocenters. The van der Waals surface area contributed by atoms with E-state index in [1.165, 1.54) is 17.6 Å². The fourth-order valence-electron chi connectivity index (χ4n) is 1.16. The minimum Gasteiger partial charge on any atom is -0.364 e. The lowest BCUT2D eigenvalue weighted by Gasteiger charge is -1.99. The highest BCUT2D eigenvalue weighted by Gasteiger charge is 2.11. The summed E-state index contributed by atoms with van der Waals surface area (Å²) in [4.78, 5) is 12.4. The third-order valence-electron chi connectivity index (χ3n) is 2.00. The van der Waals surface area contributed by atoms with Gasteiger partial charge >= 0.3 is 0 Å². The maximum absolute atomic E-state index is 11.7. The van der Waals surface area contributed by atoms with Gasteiger partial charge in [0, 0.05) is 6.07 Å². The minimum absolute atomic E-state index is 0.0956. The smallest absolute Gasteiger partial charge is 0.261 e. The van der Waals surface area contributed by atoms with E-state index >= 15 is 0 Å². The Morgan fingerprint density at radius 1 is 1.69 bits per heavy atom. The predicted molar refractivity (Wildman–Crippen MR) is 64.4 cm³/mol. The molecule has 84 valence electrons. The highest BCUT2D eigenvalue weighted by molar-refractivity contribution is 9.11. The highest BCUT2D eigenvalue weighted by Crippen LogP contribution is 2.27. The van der Waals surface area contributed by atoms with E-state index in [0.29, 0.717) is 17.1 Å². The maximum atomic E-state index is 11.7. The summed E-state index contributed by atoms with van der Waals surface area (Å²) in [6.45, 7) is 2.33. The third-order valence-corrected chi connectivity index (χ3v) is 4.14. The van der Waals surface area contributed by atoms with Crippen LogP contribution in [0.3, 0.4) is 0 Å². The number of hydrogen-bond donors (Lipinski definition) is 1. The van der Waals surface area contributed by atoms with Gasteiger partial charge in [0.1, 0.15) is 12.0 Å². The van der Waals surface area contributed by atoms with Gasteiger partial charge in [0.15, 0.2) is 0 Å². The van der Waals surface area contributed by atoms with Crippen LogP contribution >= 0.6 is 27.3 Å². The lowest BCUT2D eigenvalue weighted by atomic mass is 10.3. The normalized spacial score (nSPS) is 10.4. The molecule has 0 bridgehead atoms. The van der Waals surface area contributed by atoms with Crippen LogP contribution in [0, 0.1) is 6.92 Å². The molecule has 2 aromatic heterocycles. The van der Waals surface area contributed by atoms with Gasteiger partial charge in [-0.05, 0) is 34.5 Å². The monoisotopic (exact) mass is 300 g/mol. The van der Waals surface area contributed by atoms with Crippen molar-refractivity contribution in [1.82, 2.24) is 10.5 Å². The summed E-state index contributed by atoms with van der Waals surface area (Å²) < 4.78 is 5.65. The van der Waals surface area contributed by atoms with Crippen molar-refractivity contribution in [2.75, 3.05) is 0 Å². The van der Waals surface area contributed by atoms with Crippen molar-refractivity contribution >= 4 is 33.2 Å². The van der Waals surface area contributed by atoms with E-state index in [0.717, 1.165) is 9.35 Å². The SMILES string of the molecule is Cc1cc(C(=O)NCc2ccon2)sc1Br. The maximum Gasteiger partial charge on any atom is 0.261 e. The Kier molecular flexibility index (Phi) is 3.40. The molecule has 0 atom stereocenters. The Morgan fingerprint density at radius 2 is 2.50 bits per heavy atom. The van der Waals surface area contributed by atoms with Crippen LogP contribution in [0.4, 0.5) is 0 Å². The molecule has 16 heavy (non-hydrogen) atoms. The average Bonchev–Trinajstić information content (AvgIpc) is 2.86. The Morgan fingerprint density at radius 3 is 3.06 bits per heavy atom. The summed E-state index contributed by atoms with van der Waals surface area (Å²) in [7, 11) is 0. The van der Waals surface area contributed by atoms with Crippen molar-refractivity contribution in [2.24, 2.45) is 0 Å². The molecule has 0 aliphatic carbocycles. The van der Waals surface area contributed by atoms with Crippen LogP contribution in [0.2, 0.25) is 0 Å². The molecule has 0 saturated carbocycles. The number of nitrogens with one attached hydrogen (secondary N) is 1. The zero-order chi connectivity index (χ0) is 11.5. The molecule has 0 saturated heterocycles. The number of aromatic nitrogens is 1. The molecule has 0 spiro atoms. The number of halogens is 1. The summed E-state index contributed by atoms with van der Waals surface area (Å²) in [6, 6.07) is 3.57. The van der Waals surface area contributed by atoms with Crippen LogP contribution in [0.1, 0.15) is 20.9 Å². The van der Waals surface area contributed by atoms with E-state index in [-0.39, 0.29) is 5.91 Å². The number of hydrogen-bond acceptors (Lipinski definition) is 4. The second kappa shape index (κ2) is 4.80. The standard InChI is InChI=1S/C10H9BrN2O2S/c1-6-4-8(16-9(6)11)10(14)12-5-7-2-3-15-13-7/h2-4H,5H2,1H3,(H,12,14). The molecule has 1 N–H and O–H groups in total. The number of thiophene rings is 1. The largest absolute Gasteiger partial charge is 0.364 e. The van der Waals surface area contributed by atoms with Gasteiger partial charge in [-0.2, -0.15) is 0 Å². The molecule has 0 aliphatic heterocycles. The number of carbonyl (C=O) groups is 1. The molecule has 0 radical (unpaired) electrons. The lowest BCUT2D eigenvalue weighted by Crippen LogP contribution is -2.21. The predicted octanol–water partition coefficient (Wildman–Crippen LogP) is 2.74. The first-order valence-corrected chi connectivity index (χ1v) is 6.21. The molecule has 6 heteroatoms. The van der Waals surface area contributed by atoms with Crippen LogP contribution in [-0.2, 0) is 6.54 Å². The topological polar surface area (TPSA) is 55.1 Å². The summed E-state index contributed by atoms with van der Waals surface area (Å²) >= 11 is 4.81. The first kappa shape index (κ1) is 11.3. The van der Waals surface area contributed by atoms with Crippen molar-refractivity contribution in [3.05, 3.63) is 38.3 Å². The summed E-state index contributed by atoms with van der Waals surface area (Å²) in [5, 5.41) is 6.48. The Hall–Kier alpha value is -1.14. The zero-order valence-electron chi connectivity index (χ0n) is 8.49. The van der Waals surface area contributed by atoms with Gasteiger partial charge in [-0.1, -0.05) is 5.16 Å². The van der Waals surface area contributed by atoms with Gasteiger partial charge in [0.05, 0.1) is 15.2 Å². The molecule has 2 aromatic rings. The van der Waals surface area contributed by atoms with E-state index in [1.54, 1.807) is 6.07 Å². The summed E-state index contributed by atoms with van der Waals surface area (Å²) in [5.74, 6) is -0.0956. The Bertz CT molecular complexity index is 473. The highest BCUT2D eigenvalue weighted by atomic mass is 79.9. The number of nitrogens with zero attached hydrogens (tertiary/aromatic N) is 1. The first-order valence-electron chi connectivity index (χ1n) is 4.60. The minimum atomic E-state index is -0.0956. The van der Waals surface area contributed by atoms with Crippen LogP contribution in [0.15, 0.2) is 26.7 Å². The average molecular weight is 301 g/mol. The van der Waals surface area contributed by atoms with Crippen LogP contribution in [0.25, 0.3) is 0 Å². The van der Waals surface area contributed by atoms with Gasteiger partial charge in [-0.25, -0.2) is 0 Å². The van der Waals surface area contributed by atoms with Gasteiger partial charge in [0.25, 0.3) is 5.91 Å². The summed E-state index contributed by atoms with van der Waals surface area (Å²) in [6.07, 6.45) is 1.48. The van der Waals surface area contributed by atoms with E-state index in [2.05, 4.69) is 30.9 Å². The molecule has 0 aliphatic rings. The van der Waals surface area contributed by atoms with E-state index in [9.17, 15) is 4.79 Å². The van der Waals surface area contributed by atoms with Gasteiger partial charge < -0.3 is 9.84 Å². The molecule has 0 aromatic carbocycles. The molecule has 0 fully saturated rings. The van der Waals surface area contributed by atoms with Gasteiger partial charge in [-0.15, -0.1) is 11.3 Å². The second-order valence-corrected chi connectivity index (χ2v) is 5.61. The first-order chi connectivity index (χ1) is 7.66. The number of carbonyl (C=O) groups excluding carboxylic acids is 1. The van der Waals surface area contributed by atoms with Crippen LogP contribution < -0.4 is 5.32 Å². The summed E-state index contributed by atoms with van der Waals surface area (Å²) in [5.41, 5.74) is 1.78. The Balaban J connectivity index is 1.98. The molecule has 2 heterocycles. The van der Waals surface area contributed by atoms with E-state index in [4.69, 9.17) is 0 Å². The van der Waals surface area contributed by atoms with Crippen molar-refractivity contribution in [3.8, 4) is 0 Å². The fraction of sp³-hybridized carbons (Fsp3) is 0.200. The van der Waals surface area contributed by atoms with Crippen LogP contribution in [-0.4, -0.2) is 11.1 Å². The fourth-order valence-corrected chi connectivity index (χ4v) is 2.61. The number of aryl methyl sites for hydroxylation is 1. The lowest BCUT2D eigenvalue weighted by molar-refractivity contribution is 0.0954. The second-order valence-electron chi connectivity index (χ2n) is 3.24. The number of rotatable bonds is 3. The van der Waals surface area contributed by atoms with Crippen molar-refractivity contribution in [1.29, 1.82) is 0 Å². The molecule has 2 rings (SSSR count). The molecular formula is C10H9BrN2O2S. The quantitative estimate of drug-likeness (QED) is 0.948. The van der Waals surface area contributed by atoms with Crippen LogP contribution in [0.5, 0.6) is 0 Å². The number of amides is 1. The molecular weight excluding hydrogens is 292 g/mol. The molecule has 1 amide bonds. The third kappa shape index (κ3) is 2.51. The van der Waals surface area contributed by atoms with Crippen molar-refractivity contribution in [2.45, 2.75) is 13.5 Å². The van der Waals surface area contributed by atoms with Gasteiger partial charge in [-0.3, -0.25) is 4.79 Å². The van der Waals surface area contributed by atoms with Gasteiger partial charge in [0.2, 0.25) is 0 Å². The Labute approximate surface area is 105 Å². The van der Waals surface area contributed by atoms with E-state index in [1.807, 2.05) is 13.0 Å².